The molecule has 0 radical (unpaired) electrons. The third-order valence-electron chi connectivity index (χ3n) is 2.99. The Hall–Kier alpha value is -2.14. The highest BCUT2D eigenvalue weighted by atomic mass is 16.5. The molecule has 19 heavy (non-hydrogen) atoms. The van der Waals surface area contributed by atoms with Gasteiger partial charge in [-0.3, -0.25) is 4.79 Å². The topological polar surface area (TPSA) is 56.1 Å². The molecule has 1 aromatic carbocycles. The fraction of sp³-hybridized carbons (Fsp3) is 0.286. The second-order valence-electron chi connectivity index (χ2n) is 4.36. The van der Waals surface area contributed by atoms with Gasteiger partial charge in [-0.05, 0) is 37.1 Å². The molecule has 0 aliphatic heterocycles. The monoisotopic (exact) mass is 259 g/mol. The highest BCUT2D eigenvalue weighted by Crippen LogP contribution is 2.18. The number of nitrogens with zero attached hydrogens (tertiary/aromatic N) is 2. The van der Waals surface area contributed by atoms with Gasteiger partial charge < -0.3 is 10.1 Å². The van der Waals surface area contributed by atoms with E-state index in [-0.39, 0.29) is 5.91 Å². The summed E-state index contributed by atoms with van der Waals surface area (Å²) in [5, 5.41) is 6.99. The number of amides is 1. The van der Waals surface area contributed by atoms with Crippen LogP contribution in [0.2, 0.25) is 0 Å². The number of hydrogen-bond donors (Lipinski definition) is 1. The predicted octanol–water partition coefficient (Wildman–Crippen LogP) is 2.36. The average molecular weight is 259 g/mol. The number of carbonyl (C=O) groups is 1. The lowest BCUT2D eigenvalue weighted by atomic mass is 10.1. The molecule has 5 nitrogen and oxygen atoms in total. The van der Waals surface area contributed by atoms with Crippen LogP contribution in [0.4, 0.5) is 5.69 Å². The zero-order chi connectivity index (χ0) is 13.8. The summed E-state index contributed by atoms with van der Waals surface area (Å²) in [5.74, 6) is -0.219. The Kier molecular flexibility index (Phi) is 3.97. The van der Waals surface area contributed by atoms with E-state index in [4.69, 9.17) is 4.74 Å². The summed E-state index contributed by atoms with van der Waals surface area (Å²) in [5.41, 5.74) is 3.39. The molecule has 2 aromatic rings. The highest BCUT2D eigenvalue weighted by molar-refractivity contribution is 6.03. The summed E-state index contributed by atoms with van der Waals surface area (Å²) in [7, 11) is 1.58. The summed E-state index contributed by atoms with van der Waals surface area (Å²) in [4.78, 5) is 12.1. The summed E-state index contributed by atoms with van der Waals surface area (Å²) in [6.45, 7) is 4.32. The van der Waals surface area contributed by atoms with E-state index in [1.54, 1.807) is 24.1 Å². The number of carbonyl (C=O) groups excluding carboxylic acids is 1. The van der Waals surface area contributed by atoms with E-state index in [0.29, 0.717) is 12.4 Å². The van der Waals surface area contributed by atoms with Crippen molar-refractivity contribution in [3.63, 3.8) is 0 Å². The lowest BCUT2D eigenvalue weighted by Gasteiger charge is -2.09. The number of hydrogen-bond acceptors (Lipinski definition) is 3. The first-order valence-corrected chi connectivity index (χ1v) is 6.02. The van der Waals surface area contributed by atoms with Gasteiger partial charge in [0, 0.05) is 19.0 Å². The Bertz CT molecular complexity index is 590. The van der Waals surface area contributed by atoms with Crippen molar-refractivity contribution in [2.45, 2.75) is 20.6 Å². The van der Waals surface area contributed by atoms with Crippen molar-refractivity contribution in [3.05, 3.63) is 47.3 Å². The minimum atomic E-state index is -0.219. The van der Waals surface area contributed by atoms with E-state index in [9.17, 15) is 4.79 Å². The molecule has 1 N–H and O–H groups in total. The molecule has 0 bridgehead atoms. The standard InChI is InChI=1S/C14H17N3O2/c1-10-5-4-6-12(11(10)2)15-14(18)13-7-8-17(16-13)9-19-3/h4-8H,9H2,1-3H3,(H,15,18). The molecular weight excluding hydrogens is 242 g/mol. The van der Waals surface area contributed by atoms with Gasteiger partial charge in [0.25, 0.3) is 5.91 Å². The van der Waals surface area contributed by atoms with Gasteiger partial charge in [-0.2, -0.15) is 5.10 Å². The van der Waals surface area contributed by atoms with Crippen LogP contribution in [-0.2, 0) is 11.5 Å². The molecule has 0 saturated heterocycles. The van der Waals surface area contributed by atoms with Gasteiger partial charge in [-0.15, -0.1) is 0 Å². The second-order valence-corrected chi connectivity index (χ2v) is 4.36. The number of benzene rings is 1. The summed E-state index contributed by atoms with van der Waals surface area (Å²) < 4.78 is 6.51. The van der Waals surface area contributed by atoms with E-state index in [1.807, 2.05) is 32.0 Å². The first-order valence-electron chi connectivity index (χ1n) is 6.02. The molecule has 0 spiro atoms. The van der Waals surface area contributed by atoms with E-state index in [0.717, 1.165) is 16.8 Å². The highest BCUT2D eigenvalue weighted by Gasteiger charge is 2.11. The lowest BCUT2D eigenvalue weighted by molar-refractivity contribution is 0.101. The van der Waals surface area contributed by atoms with E-state index in [1.165, 1.54) is 0 Å². The van der Waals surface area contributed by atoms with Crippen molar-refractivity contribution < 1.29 is 9.53 Å². The van der Waals surface area contributed by atoms with Crippen LogP contribution in [0.5, 0.6) is 0 Å². The summed E-state index contributed by atoms with van der Waals surface area (Å²) in [6.07, 6.45) is 1.71. The summed E-state index contributed by atoms with van der Waals surface area (Å²) >= 11 is 0. The van der Waals surface area contributed by atoms with Crippen LogP contribution in [0.25, 0.3) is 0 Å². The fourth-order valence-corrected chi connectivity index (χ4v) is 1.76. The van der Waals surface area contributed by atoms with Crippen molar-refractivity contribution in [1.82, 2.24) is 9.78 Å². The predicted molar refractivity (Wildman–Crippen MR) is 73.1 cm³/mol. The van der Waals surface area contributed by atoms with Crippen molar-refractivity contribution in [2.24, 2.45) is 0 Å². The first-order chi connectivity index (χ1) is 9.11. The van der Waals surface area contributed by atoms with Crippen LogP contribution < -0.4 is 5.32 Å². The minimum Gasteiger partial charge on any atom is -0.362 e. The van der Waals surface area contributed by atoms with E-state index in [2.05, 4.69) is 10.4 Å². The van der Waals surface area contributed by atoms with Gasteiger partial charge in [0.2, 0.25) is 0 Å². The normalized spacial score (nSPS) is 10.5. The van der Waals surface area contributed by atoms with Crippen LogP contribution in [0, 0.1) is 13.8 Å². The third kappa shape index (κ3) is 3.00. The largest absolute Gasteiger partial charge is 0.362 e. The number of aromatic nitrogens is 2. The van der Waals surface area contributed by atoms with Gasteiger partial charge in [-0.25, -0.2) is 4.68 Å². The Labute approximate surface area is 112 Å². The number of rotatable bonds is 4. The van der Waals surface area contributed by atoms with Crippen molar-refractivity contribution in [2.75, 3.05) is 12.4 Å². The Morgan fingerprint density at radius 1 is 1.37 bits per heavy atom. The maximum atomic E-state index is 12.1. The van der Waals surface area contributed by atoms with Gasteiger partial charge in [0.1, 0.15) is 6.73 Å². The molecule has 5 heteroatoms. The quantitative estimate of drug-likeness (QED) is 0.917. The molecule has 0 fully saturated rings. The molecular formula is C14H17N3O2. The Balaban J connectivity index is 2.14. The van der Waals surface area contributed by atoms with Crippen LogP contribution in [0.3, 0.4) is 0 Å². The maximum absolute atomic E-state index is 12.1. The Morgan fingerprint density at radius 2 is 2.16 bits per heavy atom. The molecule has 0 aliphatic carbocycles. The molecule has 1 amide bonds. The van der Waals surface area contributed by atoms with Crippen LogP contribution in [0.1, 0.15) is 21.6 Å². The number of anilines is 1. The first kappa shape index (κ1) is 13.3. The second kappa shape index (κ2) is 5.67. The number of ether oxygens (including phenoxy) is 1. The average Bonchev–Trinajstić information content (AvgIpc) is 2.84. The van der Waals surface area contributed by atoms with Crippen LogP contribution >= 0.6 is 0 Å². The lowest BCUT2D eigenvalue weighted by Crippen LogP contribution is -2.14. The van der Waals surface area contributed by atoms with E-state index < -0.39 is 0 Å². The van der Waals surface area contributed by atoms with Gasteiger partial charge in [0.05, 0.1) is 0 Å². The fourth-order valence-electron chi connectivity index (χ4n) is 1.76. The summed E-state index contributed by atoms with van der Waals surface area (Å²) in [6, 6.07) is 7.48. The van der Waals surface area contributed by atoms with Crippen molar-refractivity contribution in [3.8, 4) is 0 Å². The Morgan fingerprint density at radius 3 is 2.89 bits per heavy atom. The van der Waals surface area contributed by atoms with Gasteiger partial charge in [-0.1, -0.05) is 12.1 Å². The smallest absolute Gasteiger partial charge is 0.276 e. The molecule has 0 unspecified atom stereocenters. The van der Waals surface area contributed by atoms with E-state index >= 15 is 0 Å². The van der Waals surface area contributed by atoms with Gasteiger partial charge in [0.15, 0.2) is 5.69 Å². The zero-order valence-electron chi connectivity index (χ0n) is 11.3. The zero-order valence-corrected chi connectivity index (χ0v) is 11.3. The SMILES string of the molecule is COCn1ccc(C(=O)Nc2cccc(C)c2C)n1. The molecule has 1 aromatic heterocycles. The number of aryl methyl sites for hydroxylation is 1. The van der Waals surface area contributed by atoms with Crippen LogP contribution in [-0.4, -0.2) is 22.8 Å². The molecule has 2 rings (SSSR count). The van der Waals surface area contributed by atoms with Crippen molar-refractivity contribution >= 4 is 11.6 Å². The third-order valence-corrected chi connectivity index (χ3v) is 2.99. The van der Waals surface area contributed by atoms with Crippen molar-refractivity contribution in [1.29, 1.82) is 0 Å². The van der Waals surface area contributed by atoms with Gasteiger partial charge >= 0.3 is 0 Å². The maximum Gasteiger partial charge on any atom is 0.276 e. The molecule has 0 saturated carbocycles. The molecule has 1 heterocycles. The number of nitrogens with one attached hydrogen (secondary N) is 1. The molecule has 100 valence electrons. The molecule has 0 atom stereocenters. The molecule has 0 aliphatic rings. The number of methoxy groups -OCH3 is 1. The van der Waals surface area contributed by atoms with Crippen LogP contribution in [0.15, 0.2) is 30.5 Å². The minimum absolute atomic E-state index is 0.219.